The molecular formula is C77H117N11O17. The van der Waals surface area contributed by atoms with Gasteiger partial charge in [-0.3, -0.25) is 52.7 Å². The van der Waals surface area contributed by atoms with Gasteiger partial charge in [0.1, 0.15) is 60.4 Å². The van der Waals surface area contributed by atoms with E-state index in [1.807, 2.05) is 41.5 Å². The van der Waals surface area contributed by atoms with E-state index in [9.17, 15) is 39.0 Å². The van der Waals surface area contributed by atoms with Crippen LogP contribution in [0.4, 0.5) is 0 Å². The Hall–Kier alpha value is -8.86. The highest BCUT2D eigenvalue weighted by atomic mass is 16.7. The van der Waals surface area contributed by atoms with Gasteiger partial charge in [-0.1, -0.05) is 133 Å². The first-order chi connectivity index (χ1) is 49.1. The van der Waals surface area contributed by atoms with Crippen molar-refractivity contribution in [2.75, 3.05) is 55.5 Å². The first-order valence-electron chi connectivity index (χ1n) is 36.2. The van der Waals surface area contributed by atoms with Crippen LogP contribution in [0.25, 0.3) is 0 Å². The number of hydrogen-bond acceptors (Lipinski definition) is 16. The van der Waals surface area contributed by atoms with Crippen LogP contribution in [0.3, 0.4) is 0 Å². The molecule has 4 rings (SSSR count). The van der Waals surface area contributed by atoms with Gasteiger partial charge in [-0.2, -0.15) is 0 Å². The average molecular weight is 1470 g/mol. The molecule has 0 aromatic heterocycles. The zero-order chi connectivity index (χ0) is 78.9. The zero-order valence-electron chi connectivity index (χ0n) is 64.7. The third-order valence-electron chi connectivity index (χ3n) is 18.6. The highest BCUT2D eigenvalue weighted by Crippen LogP contribution is 2.24. The Kier molecular flexibility index (Phi) is 35.2. The largest absolute Gasteiger partial charge is 0.481 e. The van der Waals surface area contributed by atoms with Crippen molar-refractivity contribution in [2.45, 2.75) is 232 Å². The number of carbonyl (C=O) groups excluding carboxylic acids is 10. The molecule has 1 heterocycles. The average Bonchev–Trinajstić information content (AvgIpc) is 0.757. The lowest BCUT2D eigenvalue weighted by atomic mass is 9.97. The SMILES string of the molecule is CC(C)C[C@H](NC(=O)[C@H](Cc1ccccc1)N(C)C(=O)[C@H](COC(C)(C)C)NC(=O)[C@H](Cc1ccccc1)N(C)C(=O)[C@H](C)N(C)C(=O)[C@H](CC(C)C)N(C)C(=O)[C@@H](C)N)C(=O)N(C)[C@@H](CC(C)C)C(=O)N[C@H](C(=O)N(C)[C@@H](Cc1ccccc1)C(=O)N[C@@H](CC(=O)O)C(=O)O)[C@@H](C)OC1CCCCO1. The van der Waals surface area contributed by atoms with Crippen molar-refractivity contribution < 1.29 is 82.0 Å². The summed E-state index contributed by atoms with van der Waals surface area (Å²) in [5, 5.41) is 30.4. The molecule has 1 fully saturated rings. The molecule has 3 aromatic rings. The topological polar surface area (TPSA) is 367 Å². The van der Waals surface area contributed by atoms with Crippen LogP contribution in [0.15, 0.2) is 91.0 Å². The van der Waals surface area contributed by atoms with Gasteiger partial charge in [0, 0.05) is 68.2 Å². The summed E-state index contributed by atoms with van der Waals surface area (Å²) in [6.45, 7) is 20.9. The Bertz CT molecular complexity index is 3370. The number of nitrogens with one attached hydrogen (secondary N) is 4. The van der Waals surface area contributed by atoms with E-state index in [0.717, 1.165) is 17.7 Å². The van der Waals surface area contributed by atoms with E-state index in [-0.39, 0.29) is 56.3 Å². The van der Waals surface area contributed by atoms with E-state index in [1.165, 1.54) is 87.6 Å². The van der Waals surface area contributed by atoms with E-state index in [4.69, 9.17) is 19.9 Å². The Morgan fingerprint density at radius 1 is 0.476 bits per heavy atom. The number of nitrogens with zero attached hydrogens (tertiary/aromatic N) is 6. The maximum atomic E-state index is 15.5. The Morgan fingerprint density at radius 2 is 0.867 bits per heavy atom. The third-order valence-corrected chi connectivity index (χ3v) is 18.6. The van der Waals surface area contributed by atoms with Crippen molar-refractivity contribution in [2.24, 2.45) is 23.5 Å². The first-order valence-corrected chi connectivity index (χ1v) is 36.2. The standard InChI is InChI=1S/C77H117N11O17/c1-46(2)38-55(72(97)85(15)58(39-47(3)4)69(94)82-65(51(9)105-64-36-28-29-37-103-64)75(100)87(17)61(43-54-34-26-21-27-35-54)67(92)80-56(76(101)102)44-63(89)90)79-66(91)60(42-53-32-24-20-25-33-53)86(16)73(98)57(45-104-77(10,11)12)81-68(93)59(41-52-30-22-19-23-31-52)84(14)71(96)50(8)83(13)74(99)62(40-48(5)6)88(18)70(95)49(7)78/h19-27,30-35,46-51,55-62,64-65H,28-29,36-45,78H2,1-18H3,(H,79,91)(H,80,92)(H,81,93)(H,82,94)(H,89,90)(H,101,102)/t49-,50+,51-,55+,56+,57+,58+,59+,60+,61+,62+,64?,65+/m1/s1. The number of ether oxygens (including phenoxy) is 3. The van der Waals surface area contributed by atoms with E-state index in [1.54, 1.807) is 112 Å². The van der Waals surface area contributed by atoms with Gasteiger partial charge in [0.25, 0.3) is 0 Å². The minimum Gasteiger partial charge on any atom is -0.481 e. The third kappa shape index (κ3) is 27.5. The smallest absolute Gasteiger partial charge is 0.326 e. The lowest BCUT2D eigenvalue weighted by molar-refractivity contribution is -0.193. The molecule has 10 amide bonds. The highest BCUT2D eigenvalue weighted by Gasteiger charge is 2.44. The summed E-state index contributed by atoms with van der Waals surface area (Å²) in [7, 11) is 8.44. The lowest BCUT2D eigenvalue weighted by Crippen LogP contribution is -2.63. The molecule has 3 aromatic carbocycles. The van der Waals surface area contributed by atoms with Crippen molar-refractivity contribution >= 4 is 71.0 Å². The number of carbonyl (C=O) groups is 12. The number of rotatable bonds is 40. The van der Waals surface area contributed by atoms with E-state index < -0.39 is 168 Å². The number of carboxylic acid groups (broad SMARTS) is 2. The second-order valence-electron chi connectivity index (χ2n) is 29.9. The summed E-state index contributed by atoms with van der Waals surface area (Å²) in [4.78, 5) is 180. The summed E-state index contributed by atoms with van der Waals surface area (Å²) in [6.07, 6.45) is -1.03. The molecule has 1 aliphatic heterocycles. The molecule has 1 saturated heterocycles. The molecule has 13 atom stereocenters. The Morgan fingerprint density at radius 3 is 1.28 bits per heavy atom. The first kappa shape index (κ1) is 88.5. The summed E-state index contributed by atoms with van der Waals surface area (Å²) in [5.74, 6) is -11.1. The van der Waals surface area contributed by atoms with E-state index in [2.05, 4.69) is 21.3 Å². The van der Waals surface area contributed by atoms with Crippen molar-refractivity contribution in [3.63, 3.8) is 0 Å². The summed E-state index contributed by atoms with van der Waals surface area (Å²) >= 11 is 0. The number of likely N-dealkylation sites (N-methyl/N-ethyl adjacent to an activating group) is 6. The monoisotopic (exact) mass is 1470 g/mol. The van der Waals surface area contributed by atoms with Gasteiger partial charge in [0.05, 0.1) is 30.8 Å². The molecule has 8 N–H and O–H groups in total. The fourth-order valence-electron chi connectivity index (χ4n) is 12.3. The Balaban J connectivity index is 1.77. The molecule has 582 valence electrons. The summed E-state index contributed by atoms with van der Waals surface area (Å²) < 4.78 is 18.5. The zero-order valence-corrected chi connectivity index (χ0v) is 64.7. The van der Waals surface area contributed by atoms with Gasteiger partial charge in [0.15, 0.2) is 6.29 Å². The van der Waals surface area contributed by atoms with E-state index >= 15 is 28.8 Å². The fraction of sp³-hybridized carbons (Fsp3) is 0.610. The van der Waals surface area contributed by atoms with Crippen LogP contribution in [0.5, 0.6) is 0 Å². The maximum Gasteiger partial charge on any atom is 0.326 e. The number of hydrogen-bond donors (Lipinski definition) is 7. The number of amides is 10. The van der Waals surface area contributed by atoms with Crippen LogP contribution < -0.4 is 27.0 Å². The molecule has 0 bridgehead atoms. The van der Waals surface area contributed by atoms with Gasteiger partial charge >= 0.3 is 11.9 Å². The summed E-state index contributed by atoms with van der Waals surface area (Å²) in [5.41, 5.74) is 6.90. The second-order valence-corrected chi connectivity index (χ2v) is 29.9. The van der Waals surface area contributed by atoms with Gasteiger partial charge in [-0.05, 0) is 115 Å². The fourth-order valence-corrected chi connectivity index (χ4v) is 12.3. The molecule has 0 saturated carbocycles. The van der Waals surface area contributed by atoms with Crippen molar-refractivity contribution in [1.82, 2.24) is 50.7 Å². The Labute approximate surface area is 619 Å². The van der Waals surface area contributed by atoms with Crippen molar-refractivity contribution in [3.05, 3.63) is 108 Å². The van der Waals surface area contributed by atoms with Crippen LogP contribution in [-0.2, 0) is 91.0 Å². The number of aliphatic carboxylic acids is 2. The number of benzene rings is 3. The van der Waals surface area contributed by atoms with Crippen LogP contribution in [0, 0.1) is 17.8 Å². The van der Waals surface area contributed by atoms with Crippen LogP contribution >= 0.6 is 0 Å². The maximum absolute atomic E-state index is 15.5. The minimum absolute atomic E-state index is 0.0196. The highest BCUT2D eigenvalue weighted by molar-refractivity contribution is 5.99. The molecule has 1 unspecified atom stereocenters. The van der Waals surface area contributed by atoms with Crippen LogP contribution in [0.1, 0.15) is 145 Å². The molecule has 28 heteroatoms. The predicted molar refractivity (Wildman–Crippen MR) is 395 cm³/mol. The normalized spacial score (nSPS) is 16.6. The van der Waals surface area contributed by atoms with Crippen LogP contribution in [-0.4, -0.2) is 251 Å². The molecule has 0 aliphatic carbocycles. The van der Waals surface area contributed by atoms with Gasteiger partial charge < -0.3 is 80.8 Å². The molecule has 0 spiro atoms. The van der Waals surface area contributed by atoms with Gasteiger partial charge in [-0.25, -0.2) is 4.79 Å². The van der Waals surface area contributed by atoms with E-state index in [0.29, 0.717) is 29.7 Å². The van der Waals surface area contributed by atoms with Crippen LogP contribution in [0.2, 0.25) is 0 Å². The summed E-state index contributed by atoms with van der Waals surface area (Å²) in [6, 6.07) is 11.3. The number of nitrogens with two attached hydrogens (primary N) is 1. The molecule has 28 nitrogen and oxygen atoms in total. The predicted octanol–water partition coefficient (Wildman–Crippen LogP) is 4.43. The number of carboxylic acids is 2. The molecule has 1 aliphatic rings. The van der Waals surface area contributed by atoms with Crippen molar-refractivity contribution in [1.29, 1.82) is 0 Å². The second kappa shape index (κ2) is 41.7. The quantitative estimate of drug-likeness (QED) is 0.0414. The van der Waals surface area contributed by atoms with Crippen molar-refractivity contribution in [3.8, 4) is 0 Å². The molecule has 105 heavy (non-hydrogen) atoms. The molecule has 0 radical (unpaired) electrons. The van der Waals surface area contributed by atoms with Gasteiger partial charge in [0.2, 0.25) is 59.1 Å². The van der Waals surface area contributed by atoms with Gasteiger partial charge in [-0.15, -0.1) is 0 Å². The minimum atomic E-state index is -1.87. The lowest BCUT2D eigenvalue weighted by Gasteiger charge is -2.38. The molecular weight excluding hydrogens is 1350 g/mol.